The molecule has 0 aromatic heterocycles. The number of hydrogen-bond donors (Lipinski definition) is 1. The Morgan fingerprint density at radius 3 is 2.36 bits per heavy atom. The molecule has 0 spiro atoms. The van der Waals surface area contributed by atoms with Crippen LogP contribution in [0.2, 0.25) is 0 Å². The molecule has 0 aromatic carbocycles. The number of imide groups is 1. The van der Waals surface area contributed by atoms with Crippen LogP contribution in [-0.2, 0) is 14.3 Å². The van der Waals surface area contributed by atoms with Crippen molar-refractivity contribution in [2.45, 2.75) is 12.8 Å². The average molecular weight is 203 g/mol. The van der Waals surface area contributed by atoms with E-state index < -0.39 is 35.8 Å². The number of hydrogen-bond acceptors (Lipinski definition) is 6. The minimum atomic E-state index is -1.75. The summed E-state index contributed by atoms with van der Waals surface area (Å²) in [6.07, 6.45) is -1.81. The van der Waals surface area contributed by atoms with Gasteiger partial charge in [-0.3, -0.25) is 0 Å². The molecule has 1 fully saturated rings. The van der Waals surface area contributed by atoms with Crippen molar-refractivity contribution in [3.8, 4) is 0 Å². The number of amides is 2. The summed E-state index contributed by atoms with van der Waals surface area (Å²) >= 11 is 0. The van der Waals surface area contributed by atoms with Crippen LogP contribution in [0.1, 0.15) is 12.8 Å². The Hall–Kier alpha value is -1.47. The zero-order valence-electron chi connectivity index (χ0n) is 7.26. The van der Waals surface area contributed by atoms with Gasteiger partial charge in [-0.1, -0.05) is 4.65 Å². The molecule has 1 heterocycles. The maximum Gasteiger partial charge on any atom is 0.353 e. The Bertz CT molecular complexity index is 270. The van der Waals surface area contributed by atoms with Crippen molar-refractivity contribution in [1.82, 2.24) is 0 Å². The molecule has 0 radical (unpaired) electrons. The number of rotatable bonds is 3. The predicted molar refractivity (Wildman–Crippen MR) is 37.5 cm³/mol. The Morgan fingerprint density at radius 1 is 1.43 bits per heavy atom. The fourth-order valence-corrected chi connectivity index (χ4v) is 1.23. The van der Waals surface area contributed by atoms with E-state index in [2.05, 4.69) is 4.74 Å². The lowest BCUT2D eigenvalue weighted by Gasteiger charge is -2.20. The van der Waals surface area contributed by atoms with Crippen LogP contribution in [0.25, 0.3) is 0 Å². The van der Waals surface area contributed by atoms with Crippen LogP contribution in [-0.4, -0.2) is 41.0 Å². The number of nitrogens with zero attached hydrogens (tertiary/aromatic N) is 1. The number of quaternary nitrogens is 1. The number of likely N-dealkylation sites (tertiary alicyclic amines) is 1. The number of carbonyl (C=O) groups is 3. The molecular formula is C7H9NO6. The lowest BCUT2D eigenvalue weighted by molar-refractivity contribution is -0.971. The molecule has 0 atom stereocenters. The maximum atomic E-state index is 11.1. The van der Waals surface area contributed by atoms with Crippen LogP contribution in [0, 0.1) is 0 Å². The molecule has 1 saturated heterocycles. The molecule has 1 rings (SSSR count). The van der Waals surface area contributed by atoms with E-state index in [0.29, 0.717) is 0 Å². The number of ether oxygens (including phenoxy) is 1. The largest absolute Gasteiger partial charge is 0.544 e. The lowest BCUT2D eigenvalue weighted by Crippen LogP contribution is -2.51. The first kappa shape index (κ1) is 10.6. The summed E-state index contributed by atoms with van der Waals surface area (Å²) in [5.41, 5.74) is 0. The first-order chi connectivity index (χ1) is 6.47. The van der Waals surface area contributed by atoms with E-state index >= 15 is 0 Å². The zero-order valence-corrected chi connectivity index (χ0v) is 7.26. The Morgan fingerprint density at radius 2 is 1.93 bits per heavy atom. The highest BCUT2D eigenvalue weighted by atomic mass is 16.7. The molecule has 7 nitrogen and oxygen atoms in total. The van der Waals surface area contributed by atoms with Gasteiger partial charge in [0.05, 0.1) is 19.4 Å². The summed E-state index contributed by atoms with van der Waals surface area (Å²) in [4.78, 5) is 32.0. The quantitative estimate of drug-likeness (QED) is 0.256. The number of hydroxylamine groups is 3. The van der Waals surface area contributed by atoms with Crippen molar-refractivity contribution in [2.24, 2.45) is 0 Å². The van der Waals surface area contributed by atoms with Gasteiger partial charge in [0.25, 0.3) is 6.16 Å². The molecule has 0 unspecified atom stereocenters. The van der Waals surface area contributed by atoms with E-state index in [4.69, 9.17) is 0 Å². The zero-order chi connectivity index (χ0) is 10.8. The van der Waals surface area contributed by atoms with Crippen molar-refractivity contribution in [1.29, 1.82) is 0 Å². The molecule has 7 heteroatoms. The molecule has 1 aliphatic rings. The van der Waals surface area contributed by atoms with Gasteiger partial charge in [-0.2, -0.15) is 0 Å². The van der Waals surface area contributed by atoms with Crippen molar-refractivity contribution in [3.63, 3.8) is 0 Å². The van der Waals surface area contributed by atoms with E-state index in [-0.39, 0.29) is 12.8 Å². The molecule has 0 aliphatic carbocycles. The van der Waals surface area contributed by atoms with E-state index in [9.17, 15) is 24.7 Å². The first-order valence-corrected chi connectivity index (χ1v) is 3.98. The predicted octanol–water partition coefficient (Wildman–Crippen LogP) is -1.60. The van der Waals surface area contributed by atoms with Crippen molar-refractivity contribution in [2.75, 3.05) is 13.2 Å². The third kappa shape index (κ3) is 1.88. The van der Waals surface area contributed by atoms with Gasteiger partial charge in [0, 0.05) is 0 Å². The van der Waals surface area contributed by atoms with Crippen LogP contribution in [0.4, 0.5) is 4.79 Å². The van der Waals surface area contributed by atoms with Gasteiger partial charge >= 0.3 is 11.8 Å². The number of carboxylic acid groups (broad SMARTS) is 1. The molecule has 1 N–H and O–H groups in total. The molecule has 2 amide bonds. The van der Waals surface area contributed by atoms with E-state index in [1.54, 1.807) is 0 Å². The summed E-state index contributed by atoms with van der Waals surface area (Å²) in [5, 5.41) is 19.3. The molecule has 0 aromatic rings. The maximum absolute atomic E-state index is 11.1. The van der Waals surface area contributed by atoms with Gasteiger partial charge in [-0.15, -0.1) is 0 Å². The Balaban J connectivity index is 2.52. The van der Waals surface area contributed by atoms with Crippen molar-refractivity contribution in [3.05, 3.63) is 0 Å². The number of carbonyl (C=O) groups excluding carboxylic acids is 3. The smallest absolute Gasteiger partial charge is 0.353 e. The fourth-order valence-electron chi connectivity index (χ4n) is 1.23. The molecule has 78 valence electrons. The van der Waals surface area contributed by atoms with Gasteiger partial charge < -0.3 is 14.6 Å². The van der Waals surface area contributed by atoms with E-state index in [0.717, 1.165) is 0 Å². The normalized spacial score (nSPS) is 19.8. The second-order valence-corrected chi connectivity index (χ2v) is 2.88. The summed E-state index contributed by atoms with van der Waals surface area (Å²) in [5.74, 6) is -1.28. The summed E-state index contributed by atoms with van der Waals surface area (Å²) in [7, 11) is 0. The molecule has 0 saturated carbocycles. The highest BCUT2D eigenvalue weighted by Crippen LogP contribution is 2.19. The molecular weight excluding hydrogens is 194 g/mol. The topological polar surface area (TPSA) is 104 Å². The van der Waals surface area contributed by atoms with Crippen LogP contribution < -0.4 is 5.11 Å². The van der Waals surface area contributed by atoms with Gasteiger partial charge in [0.1, 0.15) is 6.54 Å². The van der Waals surface area contributed by atoms with Gasteiger partial charge in [-0.05, 0) is 0 Å². The third-order valence-electron chi connectivity index (χ3n) is 2.01. The second-order valence-electron chi connectivity index (χ2n) is 2.88. The lowest BCUT2D eigenvalue weighted by atomic mass is 10.4. The van der Waals surface area contributed by atoms with Crippen LogP contribution in [0.3, 0.4) is 0 Å². The van der Waals surface area contributed by atoms with Gasteiger partial charge in [0.15, 0.2) is 0 Å². The first-order valence-electron chi connectivity index (χ1n) is 3.98. The standard InChI is InChI=1S/C7H9NO6/c9-5-1-2-6(10)8(5,13)3-4-14-7(11)12/h13H,1-4H2. The van der Waals surface area contributed by atoms with Gasteiger partial charge in [-0.25, -0.2) is 14.8 Å². The third-order valence-corrected chi connectivity index (χ3v) is 2.01. The van der Waals surface area contributed by atoms with Gasteiger partial charge in [0.2, 0.25) is 0 Å². The van der Waals surface area contributed by atoms with Crippen LogP contribution in [0.5, 0.6) is 0 Å². The minimum absolute atomic E-state index is 0.0271. The van der Waals surface area contributed by atoms with Crippen LogP contribution >= 0.6 is 0 Å². The molecule has 1 aliphatic heterocycles. The van der Waals surface area contributed by atoms with Crippen LogP contribution in [0.15, 0.2) is 0 Å². The fraction of sp³-hybridized carbons (Fsp3) is 0.571. The Labute approximate surface area is 79.0 Å². The minimum Gasteiger partial charge on any atom is -0.544 e. The SMILES string of the molecule is O=C([O-])OCC[N+]1(O)C(=O)CCC1=O. The summed E-state index contributed by atoms with van der Waals surface area (Å²) in [6, 6.07) is 0. The molecule has 0 bridgehead atoms. The summed E-state index contributed by atoms with van der Waals surface area (Å²) in [6.45, 7) is -0.845. The average Bonchev–Trinajstić information content (AvgIpc) is 2.33. The summed E-state index contributed by atoms with van der Waals surface area (Å²) < 4.78 is 2.62. The Kier molecular flexibility index (Phi) is 2.82. The van der Waals surface area contributed by atoms with E-state index in [1.807, 2.05) is 0 Å². The highest BCUT2D eigenvalue weighted by molar-refractivity contribution is 5.90. The van der Waals surface area contributed by atoms with Crippen molar-refractivity contribution >= 4 is 18.0 Å². The van der Waals surface area contributed by atoms with E-state index in [1.165, 1.54) is 0 Å². The second kappa shape index (κ2) is 3.72. The highest BCUT2D eigenvalue weighted by Gasteiger charge is 2.49. The molecule has 14 heavy (non-hydrogen) atoms. The van der Waals surface area contributed by atoms with Crippen molar-refractivity contribution < 1.29 is 34.1 Å². The monoisotopic (exact) mass is 203 g/mol.